The van der Waals surface area contributed by atoms with E-state index in [9.17, 15) is 4.57 Å². The lowest BCUT2D eigenvalue weighted by molar-refractivity contribution is 0.421. The first-order chi connectivity index (χ1) is 2.56. The van der Waals surface area contributed by atoms with Gasteiger partial charge >= 0.3 is 5.24 Å². The first-order valence-electron chi connectivity index (χ1n) is 0.888. The summed E-state index contributed by atoms with van der Waals surface area (Å²) < 4.78 is 13.3. The summed E-state index contributed by atoms with van der Waals surface area (Å²) in [6, 6.07) is 0. The average molecular weight is 242 g/mol. The van der Waals surface area contributed by atoms with Crippen molar-refractivity contribution < 1.29 is 13.5 Å². The highest BCUT2D eigenvalue weighted by molar-refractivity contribution is 14.2. The highest BCUT2D eigenvalue weighted by atomic mass is 127. The van der Waals surface area contributed by atoms with Gasteiger partial charge in [0.25, 0.3) is 0 Å². The van der Waals surface area contributed by atoms with E-state index < -0.39 is 5.24 Å². The van der Waals surface area contributed by atoms with Gasteiger partial charge in [0.2, 0.25) is 0 Å². The second-order valence-corrected chi connectivity index (χ2v) is 5.63. The van der Waals surface area contributed by atoms with Crippen LogP contribution >= 0.6 is 39.1 Å². The molecule has 1 unspecified atom stereocenters. The number of hydrogen-bond acceptors (Lipinski definition) is 2. The minimum atomic E-state index is -3.41. The van der Waals surface area contributed by atoms with Crippen LogP contribution in [0.1, 0.15) is 0 Å². The molecule has 1 N–H and O–H groups in total. The fourth-order valence-electron chi connectivity index (χ4n) is 0. The molecule has 0 heterocycles. The van der Waals surface area contributed by atoms with Gasteiger partial charge in [-0.2, -0.15) is 4.08 Å². The van der Waals surface area contributed by atoms with Gasteiger partial charge in [-0.25, -0.2) is 4.57 Å². The summed E-state index contributed by atoms with van der Waals surface area (Å²) >= 11 is 5.65. The molecule has 38 valence electrons. The molecule has 6 heavy (non-hydrogen) atoms. The fraction of sp³-hybridized carbons (Fsp3) is 0. The lowest BCUT2D eigenvalue weighted by Crippen LogP contribution is -1.58. The van der Waals surface area contributed by atoms with Gasteiger partial charge < -0.3 is 4.89 Å². The van der Waals surface area contributed by atoms with Crippen molar-refractivity contribution >= 4 is 39.1 Å². The molecule has 0 aliphatic carbocycles. The Bertz CT molecular complexity index is 74.9. The van der Waals surface area contributed by atoms with E-state index in [4.69, 9.17) is 4.89 Å². The third-order valence-corrected chi connectivity index (χ3v) is 2.11. The van der Waals surface area contributed by atoms with Crippen molar-refractivity contribution in [2.75, 3.05) is 0 Å². The Labute approximate surface area is 52.8 Å². The van der Waals surface area contributed by atoms with Crippen LogP contribution in [-0.4, -0.2) is 4.89 Å². The van der Waals surface area contributed by atoms with Gasteiger partial charge in [-0.3, -0.25) is 0 Å². The van der Waals surface area contributed by atoms with Gasteiger partial charge in [-0.1, -0.05) is 0 Å². The fourth-order valence-corrected chi connectivity index (χ4v) is 0. The first kappa shape index (κ1) is 7.17. The van der Waals surface area contributed by atoms with Crippen LogP contribution in [0.5, 0.6) is 0 Å². The van der Waals surface area contributed by atoms with Crippen molar-refractivity contribution in [1.29, 1.82) is 0 Å². The van der Waals surface area contributed by atoms with Gasteiger partial charge in [0.05, 0.1) is 33.9 Å². The van der Waals surface area contributed by atoms with Gasteiger partial charge in [0.1, 0.15) is 0 Å². The second kappa shape index (κ2) is 2.47. The lowest BCUT2D eigenvalue weighted by atomic mass is 15.8. The number of hydrogen-bond donors (Lipinski definition) is 1. The van der Waals surface area contributed by atoms with E-state index in [-0.39, 0.29) is 0 Å². The molecule has 0 rings (SSSR count). The predicted octanol–water partition coefficient (Wildman–Crippen LogP) is 1.69. The van der Waals surface area contributed by atoms with Crippen LogP contribution in [0, 0.1) is 0 Å². The summed E-state index contributed by atoms with van der Waals surface area (Å²) in [5.41, 5.74) is 0. The molecule has 0 amide bonds. The van der Waals surface area contributed by atoms with Gasteiger partial charge in [-0.15, -0.1) is 0 Å². The summed E-state index contributed by atoms with van der Waals surface area (Å²) in [7, 11) is 0. The maximum atomic E-state index is 9.77. The summed E-state index contributed by atoms with van der Waals surface area (Å²) in [6.45, 7) is 0. The maximum absolute atomic E-state index is 9.77. The summed E-state index contributed by atoms with van der Waals surface area (Å²) in [5, 5.41) is -3.41. The van der Waals surface area contributed by atoms with Crippen LogP contribution in [0.15, 0.2) is 0 Å². The van der Waals surface area contributed by atoms with Crippen molar-refractivity contribution in [2.45, 2.75) is 0 Å². The molecule has 0 radical (unpaired) electrons. The minimum Gasteiger partial charge on any atom is -0.316 e. The summed E-state index contributed by atoms with van der Waals surface area (Å²) in [6.07, 6.45) is 0. The maximum Gasteiger partial charge on any atom is 0.402 e. The highest BCUT2D eigenvalue weighted by Gasteiger charge is 2.09. The number of halogens is 2. The van der Waals surface area contributed by atoms with Crippen LogP contribution in [-0.2, 0) is 8.64 Å². The third-order valence-electron chi connectivity index (χ3n) is 0.0851. The van der Waals surface area contributed by atoms with E-state index in [1.807, 2.05) is 0 Å². The monoisotopic (exact) mass is 242 g/mol. The molecule has 0 aliphatic rings. The van der Waals surface area contributed by atoms with E-state index >= 15 is 0 Å². The van der Waals surface area contributed by atoms with Crippen molar-refractivity contribution in [3.8, 4) is 0 Å². The molecule has 0 bridgehead atoms. The van der Waals surface area contributed by atoms with Crippen molar-refractivity contribution in [3.05, 3.63) is 0 Å². The first-order valence-corrected chi connectivity index (χ1v) is 5.56. The molecular formula is HClIO3P. The van der Waals surface area contributed by atoms with Crippen molar-refractivity contribution in [2.24, 2.45) is 0 Å². The topological polar surface area (TPSA) is 46.5 Å². The van der Waals surface area contributed by atoms with Crippen LogP contribution in [0.3, 0.4) is 0 Å². The van der Waals surface area contributed by atoms with E-state index in [1.54, 1.807) is 0 Å². The van der Waals surface area contributed by atoms with Crippen LogP contribution < -0.4 is 0 Å². The molecule has 0 aromatic heterocycles. The normalized spacial score (nSPS) is 19.8. The van der Waals surface area contributed by atoms with Crippen molar-refractivity contribution in [1.82, 2.24) is 0 Å². The molecule has 0 spiro atoms. The quantitative estimate of drug-likeness (QED) is 0.562. The Balaban J connectivity index is 3.48. The molecule has 0 saturated heterocycles. The SMILES string of the molecule is O=P(O)(I)OCl. The molecule has 6 heteroatoms. The average Bonchev–Trinajstić information content (AvgIpc) is 1.35. The van der Waals surface area contributed by atoms with Crippen LogP contribution in [0.4, 0.5) is 0 Å². The number of rotatable bonds is 1. The molecule has 0 aromatic rings. The highest BCUT2D eigenvalue weighted by Crippen LogP contribution is 2.52. The molecule has 0 aliphatic heterocycles. The lowest BCUT2D eigenvalue weighted by Gasteiger charge is -1.89. The van der Waals surface area contributed by atoms with E-state index in [2.05, 4.69) is 15.9 Å². The molecule has 0 saturated carbocycles. The standard InChI is InChI=1S/ClHIO3P/c1-5-6(2,3)4/h(H,3,4). The van der Waals surface area contributed by atoms with Crippen LogP contribution in [0.2, 0.25) is 0 Å². The van der Waals surface area contributed by atoms with E-state index in [1.165, 1.54) is 22.0 Å². The predicted molar refractivity (Wildman–Crippen MR) is 30.8 cm³/mol. The largest absolute Gasteiger partial charge is 0.402 e. The zero-order valence-corrected chi connectivity index (χ0v) is 6.27. The molecular weight excluding hydrogens is 241 g/mol. The van der Waals surface area contributed by atoms with E-state index in [0.29, 0.717) is 0 Å². The third kappa shape index (κ3) is 5.17. The minimum absolute atomic E-state index is 1.20. The van der Waals surface area contributed by atoms with Crippen molar-refractivity contribution in [3.63, 3.8) is 0 Å². The molecule has 0 aromatic carbocycles. The molecule has 3 nitrogen and oxygen atoms in total. The summed E-state index contributed by atoms with van der Waals surface area (Å²) in [4.78, 5) is 8.01. The second-order valence-electron chi connectivity index (χ2n) is 0.520. The smallest absolute Gasteiger partial charge is 0.316 e. The van der Waals surface area contributed by atoms with Gasteiger partial charge in [-0.05, 0) is 0 Å². The van der Waals surface area contributed by atoms with Gasteiger partial charge in [0.15, 0.2) is 0 Å². The Morgan fingerprint density at radius 2 is 2.17 bits per heavy atom. The molecule has 0 fully saturated rings. The van der Waals surface area contributed by atoms with E-state index in [0.717, 1.165) is 0 Å². The Kier molecular flexibility index (Phi) is 2.95. The molecule has 1 atom stereocenters. The Morgan fingerprint density at radius 1 is 2.00 bits per heavy atom. The Hall–Kier alpha value is 1.17. The Morgan fingerprint density at radius 3 is 2.17 bits per heavy atom. The zero-order chi connectivity index (χ0) is 5.21. The zero-order valence-electron chi connectivity index (χ0n) is 2.47. The summed E-state index contributed by atoms with van der Waals surface area (Å²) in [5.74, 6) is 0. The van der Waals surface area contributed by atoms with Gasteiger partial charge in [0, 0.05) is 0 Å². The van der Waals surface area contributed by atoms with Crippen LogP contribution in [0.25, 0.3) is 0 Å².